The van der Waals surface area contributed by atoms with Crippen LogP contribution in [-0.2, 0) is 20.2 Å². The maximum Gasteiger partial charge on any atom is 0.235 e. The summed E-state index contributed by atoms with van der Waals surface area (Å²) in [5.74, 6) is -0.599. The third-order valence-corrected chi connectivity index (χ3v) is 5.21. The van der Waals surface area contributed by atoms with Gasteiger partial charge in [-0.05, 0) is 36.8 Å². The van der Waals surface area contributed by atoms with Crippen molar-refractivity contribution in [2.75, 3.05) is 12.5 Å². The molecule has 2 rings (SSSR count). The molecule has 1 aliphatic rings. The average molecular weight is 301 g/mol. The fourth-order valence-electron chi connectivity index (χ4n) is 1.98. The van der Waals surface area contributed by atoms with Crippen LogP contribution in [0.1, 0.15) is 18.4 Å². The van der Waals surface area contributed by atoms with Gasteiger partial charge in [0.25, 0.3) is 0 Å². The summed E-state index contributed by atoms with van der Waals surface area (Å²) in [7, 11) is -3.54. The van der Waals surface area contributed by atoms with Gasteiger partial charge < -0.3 is 0 Å². The second-order valence-corrected chi connectivity index (χ2v) is 7.30. The Morgan fingerprint density at radius 3 is 2.47 bits per heavy atom. The highest BCUT2D eigenvalue weighted by molar-refractivity contribution is 7.99. The first-order valence-corrected chi connectivity index (χ1v) is 8.63. The maximum atomic E-state index is 14.0. The molecule has 0 radical (unpaired) electrons. The van der Waals surface area contributed by atoms with Crippen molar-refractivity contribution in [1.29, 1.82) is 0 Å². The van der Waals surface area contributed by atoms with E-state index in [1.54, 1.807) is 6.26 Å². The van der Waals surface area contributed by atoms with Gasteiger partial charge in [-0.25, -0.2) is 17.6 Å². The molecule has 0 unspecified atom stereocenters. The van der Waals surface area contributed by atoms with E-state index in [4.69, 9.17) is 0 Å². The highest BCUT2D eigenvalue weighted by Gasteiger charge is 2.45. The van der Waals surface area contributed by atoms with E-state index in [2.05, 4.69) is 4.99 Å². The molecule has 0 aromatic heterocycles. The number of hydrogen-bond acceptors (Lipinski definition) is 5. The Morgan fingerprint density at radius 2 is 2.05 bits per heavy atom. The Labute approximate surface area is 115 Å². The first-order chi connectivity index (χ1) is 8.84. The molecule has 7 heteroatoms. The number of carbonyl (C=O) groups excluding carboxylic acids is 1. The van der Waals surface area contributed by atoms with E-state index in [1.807, 2.05) is 0 Å². The van der Waals surface area contributed by atoms with Gasteiger partial charge in [0.1, 0.15) is 5.82 Å². The Balaban J connectivity index is 2.68. The van der Waals surface area contributed by atoms with E-state index in [-0.39, 0.29) is 9.79 Å². The third-order valence-electron chi connectivity index (χ3n) is 3.13. The SMILES string of the molecule is CSc1c(F)cc(C2(N=C=O)CC2)cc1S(C)(=O)=O. The van der Waals surface area contributed by atoms with Gasteiger partial charge in [0, 0.05) is 6.26 Å². The van der Waals surface area contributed by atoms with Crippen molar-refractivity contribution in [3.8, 4) is 0 Å². The lowest BCUT2D eigenvalue weighted by Crippen LogP contribution is -2.08. The van der Waals surface area contributed by atoms with E-state index in [9.17, 15) is 17.6 Å². The Kier molecular flexibility index (Phi) is 3.55. The normalized spacial score (nSPS) is 16.8. The van der Waals surface area contributed by atoms with Gasteiger partial charge in [0.15, 0.2) is 9.84 Å². The van der Waals surface area contributed by atoms with Gasteiger partial charge in [0.05, 0.1) is 15.3 Å². The molecular formula is C12H12FNO3S2. The van der Waals surface area contributed by atoms with Gasteiger partial charge in [-0.15, -0.1) is 11.8 Å². The van der Waals surface area contributed by atoms with E-state index in [1.165, 1.54) is 18.2 Å². The molecule has 102 valence electrons. The topological polar surface area (TPSA) is 63.6 Å². The van der Waals surface area contributed by atoms with Crippen molar-refractivity contribution < 1.29 is 17.6 Å². The number of rotatable bonds is 4. The molecule has 0 heterocycles. The number of hydrogen-bond donors (Lipinski definition) is 0. The fourth-order valence-corrected chi connectivity index (χ4v) is 3.97. The Bertz CT molecular complexity index is 674. The molecule has 19 heavy (non-hydrogen) atoms. The van der Waals surface area contributed by atoms with Crippen LogP contribution in [0.2, 0.25) is 0 Å². The summed E-state index contributed by atoms with van der Waals surface area (Å²) in [5.41, 5.74) is -0.356. The van der Waals surface area contributed by atoms with Crippen molar-refractivity contribution in [2.24, 2.45) is 4.99 Å². The minimum atomic E-state index is -3.54. The standard InChI is InChI=1S/C12H12FNO3S2/c1-18-11-9(13)5-8(6-10(11)19(2,16)17)12(3-4-12)14-7-15/h5-6H,3-4H2,1-2H3. The van der Waals surface area contributed by atoms with Gasteiger partial charge >= 0.3 is 0 Å². The van der Waals surface area contributed by atoms with Crippen LogP contribution in [0.5, 0.6) is 0 Å². The molecule has 4 nitrogen and oxygen atoms in total. The molecule has 1 aromatic rings. The second-order valence-electron chi connectivity index (χ2n) is 4.50. The summed E-state index contributed by atoms with van der Waals surface area (Å²) >= 11 is 1.04. The minimum Gasteiger partial charge on any atom is -0.224 e. The number of isocyanates is 1. The van der Waals surface area contributed by atoms with Crippen molar-refractivity contribution in [2.45, 2.75) is 28.2 Å². The summed E-state index contributed by atoms with van der Waals surface area (Å²) < 4.78 is 37.5. The lowest BCUT2D eigenvalue weighted by molar-refractivity contribution is 0.553. The molecule has 0 spiro atoms. The molecule has 0 N–H and O–H groups in total. The fraction of sp³-hybridized carbons (Fsp3) is 0.417. The zero-order chi connectivity index (χ0) is 14.3. The first-order valence-electron chi connectivity index (χ1n) is 5.51. The van der Waals surface area contributed by atoms with Crippen molar-refractivity contribution in [3.63, 3.8) is 0 Å². The third kappa shape index (κ3) is 2.59. The summed E-state index contributed by atoms with van der Waals surface area (Å²) in [6, 6.07) is 2.67. The van der Waals surface area contributed by atoms with Gasteiger partial charge in [-0.2, -0.15) is 4.99 Å². The maximum absolute atomic E-state index is 14.0. The molecule has 1 saturated carbocycles. The van der Waals surface area contributed by atoms with E-state index in [0.717, 1.165) is 18.0 Å². The highest BCUT2D eigenvalue weighted by Crippen LogP contribution is 2.50. The molecule has 0 atom stereocenters. The number of aliphatic imine (C=N–C) groups is 1. The van der Waals surface area contributed by atoms with E-state index < -0.39 is 21.2 Å². The molecule has 0 aliphatic heterocycles. The van der Waals surface area contributed by atoms with Crippen LogP contribution in [0.4, 0.5) is 4.39 Å². The second kappa shape index (κ2) is 4.74. The summed E-state index contributed by atoms with van der Waals surface area (Å²) in [4.78, 5) is 14.1. The van der Waals surface area contributed by atoms with E-state index >= 15 is 0 Å². The average Bonchev–Trinajstić information content (AvgIpc) is 3.08. The van der Waals surface area contributed by atoms with E-state index in [0.29, 0.717) is 18.4 Å². The van der Waals surface area contributed by atoms with Crippen LogP contribution >= 0.6 is 11.8 Å². The first kappa shape index (κ1) is 14.2. The number of sulfone groups is 1. The van der Waals surface area contributed by atoms with Gasteiger partial charge in [0.2, 0.25) is 6.08 Å². The highest BCUT2D eigenvalue weighted by atomic mass is 32.2. The lowest BCUT2D eigenvalue weighted by atomic mass is 10.1. The quantitative estimate of drug-likeness (QED) is 0.486. The van der Waals surface area contributed by atoms with Crippen LogP contribution in [0.3, 0.4) is 0 Å². The van der Waals surface area contributed by atoms with Crippen LogP contribution in [0.15, 0.2) is 26.9 Å². The van der Waals surface area contributed by atoms with Gasteiger partial charge in [-0.1, -0.05) is 0 Å². The molecule has 1 aromatic carbocycles. The molecule has 0 bridgehead atoms. The van der Waals surface area contributed by atoms with Crippen molar-refractivity contribution in [3.05, 3.63) is 23.5 Å². The molecule has 1 aliphatic carbocycles. The summed E-state index contributed by atoms with van der Waals surface area (Å²) in [6.07, 6.45) is 5.32. The summed E-state index contributed by atoms with van der Waals surface area (Å²) in [6.45, 7) is 0. The monoisotopic (exact) mass is 301 g/mol. The largest absolute Gasteiger partial charge is 0.235 e. The van der Waals surface area contributed by atoms with Crippen LogP contribution in [-0.4, -0.2) is 27.0 Å². The smallest absolute Gasteiger partial charge is 0.224 e. The lowest BCUT2D eigenvalue weighted by Gasteiger charge is -2.13. The van der Waals surface area contributed by atoms with Crippen LogP contribution in [0.25, 0.3) is 0 Å². The summed E-state index contributed by atoms with van der Waals surface area (Å²) in [5, 5.41) is 0. The number of nitrogens with zero attached hydrogens (tertiary/aromatic N) is 1. The van der Waals surface area contributed by atoms with Gasteiger partial charge in [-0.3, -0.25) is 0 Å². The van der Waals surface area contributed by atoms with Crippen LogP contribution in [0, 0.1) is 5.82 Å². The Morgan fingerprint density at radius 1 is 1.42 bits per heavy atom. The number of benzene rings is 1. The predicted molar refractivity (Wildman–Crippen MR) is 70.3 cm³/mol. The molecular weight excluding hydrogens is 289 g/mol. The molecule has 1 fully saturated rings. The zero-order valence-corrected chi connectivity index (χ0v) is 12.1. The minimum absolute atomic E-state index is 0.0534. The number of halogens is 1. The Hall–Kier alpha value is -1.17. The predicted octanol–water partition coefficient (Wildman–Crippen LogP) is 2.28. The van der Waals surface area contributed by atoms with Crippen molar-refractivity contribution in [1.82, 2.24) is 0 Å². The molecule has 0 amide bonds. The van der Waals surface area contributed by atoms with Crippen molar-refractivity contribution >= 4 is 27.7 Å². The molecule has 0 saturated heterocycles. The van der Waals surface area contributed by atoms with Crippen LogP contribution < -0.4 is 0 Å². The number of thioether (sulfide) groups is 1. The zero-order valence-electron chi connectivity index (χ0n) is 10.4.